The monoisotopic (exact) mass is 230 g/mol. The van der Waals surface area contributed by atoms with Crippen LogP contribution in [0.1, 0.15) is 43.7 Å². The Kier molecular flexibility index (Phi) is 4.60. The Balaban J connectivity index is 1.87. The second kappa shape index (κ2) is 6.43. The minimum Gasteiger partial charge on any atom is -0.370 e. The van der Waals surface area contributed by atoms with Crippen molar-refractivity contribution in [3.63, 3.8) is 0 Å². The molecule has 0 fully saturated rings. The average Bonchev–Trinajstić information content (AvgIpc) is 2.39. The average molecular weight is 230 g/mol. The summed E-state index contributed by atoms with van der Waals surface area (Å²) in [6.45, 7) is 4.22. The molecule has 1 N–H and O–H groups in total. The highest BCUT2D eigenvalue weighted by Gasteiger charge is 2.12. The summed E-state index contributed by atoms with van der Waals surface area (Å²) in [5, 5.41) is 3.49. The topological polar surface area (TPSA) is 24.4 Å². The molecule has 0 unspecified atom stereocenters. The lowest BCUT2D eigenvalue weighted by Gasteiger charge is -2.17. The summed E-state index contributed by atoms with van der Waals surface area (Å²) in [5.41, 5.74) is 2.73. The van der Waals surface area contributed by atoms with E-state index in [0.717, 1.165) is 25.3 Å². The molecule has 0 atom stereocenters. The van der Waals surface area contributed by atoms with E-state index in [0.29, 0.717) is 0 Å². The van der Waals surface area contributed by atoms with Crippen LogP contribution in [-0.2, 0) is 6.42 Å². The van der Waals surface area contributed by atoms with Crippen LogP contribution in [0.3, 0.4) is 0 Å². The largest absolute Gasteiger partial charge is 0.370 e. The Hall–Kier alpha value is -1.31. The van der Waals surface area contributed by atoms with Crippen LogP contribution in [0.5, 0.6) is 0 Å². The zero-order valence-corrected chi connectivity index (χ0v) is 10.7. The van der Waals surface area contributed by atoms with E-state index in [4.69, 9.17) is 0 Å². The Morgan fingerprint density at radius 1 is 1.18 bits per heavy atom. The molecule has 0 radical (unpaired) electrons. The molecule has 1 aliphatic rings. The molecule has 0 bridgehead atoms. The third-order valence-corrected chi connectivity index (χ3v) is 3.25. The highest BCUT2D eigenvalue weighted by Crippen LogP contribution is 2.14. The van der Waals surface area contributed by atoms with Crippen LogP contribution in [0.25, 0.3) is 0 Å². The molecule has 92 valence electrons. The Labute approximate surface area is 104 Å². The Morgan fingerprint density at radius 2 is 2.06 bits per heavy atom. The SMILES string of the molecule is CCCCCCNC1=NCCc2ccccc21. The number of aliphatic imine (C=N–C) groups is 1. The van der Waals surface area contributed by atoms with Gasteiger partial charge in [0.25, 0.3) is 0 Å². The summed E-state index contributed by atoms with van der Waals surface area (Å²) in [6.07, 6.45) is 6.28. The van der Waals surface area contributed by atoms with Gasteiger partial charge in [-0.05, 0) is 18.4 Å². The number of hydrogen-bond donors (Lipinski definition) is 1. The zero-order chi connectivity index (χ0) is 11.9. The molecule has 1 aliphatic heterocycles. The minimum absolute atomic E-state index is 0.925. The maximum Gasteiger partial charge on any atom is 0.128 e. The number of rotatable bonds is 5. The first-order valence-electron chi connectivity index (χ1n) is 6.78. The van der Waals surface area contributed by atoms with Gasteiger partial charge in [0.05, 0.1) is 0 Å². The number of fused-ring (bicyclic) bond motifs is 1. The molecular formula is C15H22N2. The third kappa shape index (κ3) is 3.32. The minimum atomic E-state index is 0.925. The van der Waals surface area contributed by atoms with E-state index in [2.05, 4.69) is 41.5 Å². The molecule has 0 amide bonds. The first-order chi connectivity index (χ1) is 8.42. The van der Waals surface area contributed by atoms with Crippen LogP contribution in [0.4, 0.5) is 0 Å². The molecule has 1 heterocycles. The highest BCUT2D eigenvalue weighted by molar-refractivity contribution is 6.00. The lowest BCUT2D eigenvalue weighted by Crippen LogP contribution is -2.29. The first-order valence-corrected chi connectivity index (χ1v) is 6.78. The number of nitrogens with one attached hydrogen (secondary N) is 1. The molecule has 0 spiro atoms. The van der Waals surface area contributed by atoms with Crippen molar-refractivity contribution in [3.8, 4) is 0 Å². The van der Waals surface area contributed by atoms with Gasteiger partial charge in [0.15, 0.2) is 0 Å². The summed E-state index contributed by atoms with van der Waals surface area (Å²) >= 11 is 0. The zero-order valence-electron chi connectivity index (χ0n) is 10.7. The fourth-order valence-corrected chi connectivity index (χ4v) is 2.25. The van der Waals surface area contributed by atoms with Gasteiger partial charge in [-0.1, -0.05) is 50.5 Å². The van der Waals surface area contributed by atoms with Crippen molar-refractivity contribution >= 4 is 5.84 Å². The molecule has 2 rings (SSSR count). The van der Waals surface area contributed by atoms with Crippen LogP contribution in [-0.4, -0.2) is 18.9 Å². The fraction of sp³-hybridized carbons (Fsp3) is 0.533. The number of amidine groups is 1. The maximum atomic E-state index is 4.59. The van der Waals surface area contributed by atoms with Gasteiger partial charge in [-0.25, -0.2) is 0 Å². The molecule has 1 aromatic carbocycles. The summed E-state index contributed by atoms with van der Waals surface area (Å²) in [6, 6.07) is 8.59. The number of nitrogens with zero attached hydrogens (tertiary/aromatic N) is 1. The van der Waals surface area contributed by atoms with Gasteiger partial charge in [-0.15, -0.1) is 0 Å². The van der Waals surface area contributed by atoms with Crippen LogP contribution >= 0.6 is 0 Å². The molecule has 0 aliphatic carbocycles. The van der Waals surface area contributed by atoms with Crippen molar-refractivity contribution in [2.45, 2.75) is 39.0 Å². The van der Waals surface area contributed by atoms with Crippen molar-refractivity contribution in [1.82, 2.24) is 5.32 Å². The van der Waals surface area contributed by atoms with Crippen molar-refractivity contribution in [3.05, 3.63) is 35.4 Å². The van der Waals surface area contributed by atoms with E-state index < -0.39 is 0 Å². The van der Waals surface area contributed by atoms with E-state index in [1.54, 1.807) is 0 Å². The van der Waals surface area contributed by atoms with Crippen molar-refractivity contribution < 1.29 is 0 Å². The number of hydrogen-bond acceptors (Lipinski definition) is 2. The Morgan fingerprint density at radius 3 is 2.94 bits per heavy atom. The third-order valence-electron chi connectivity index (χ3n) is 3.25. The fourth-order valence-electron chi connectivity index (χ4n) is 2.25. The van der Waals surface area contributed by atoms with Gasteiger partial charge in [-0.3, -0.25) is 4.99 Å². The second-order valence-electron chi connectivity index (χ2n) is 4.62. The summed E-state index contributed by atoms with van der Waals surface area (Å²) < 4.78 is 0. The summed E-state index contributed by atoms with van der Waals surface area (Å²) in [7, 11) is 0. The quantitative estimate of drug-likeness (QED) is 0.772. The lowest BCUT2D eigenvalue weighted by atomic mass is 10.0. The van der Waals surface area contributed by atoms with E-state index >= 15 is 0 Å². The predicted octanol–water partition coefficient (Wildman–Crippen LogP) is 3.16. The molecule has 2 nitrogen and oxygen atoms in total. The van der Waals surface area contributed by atoms with Gasteiger partial charge < -0.3 is 5.32 Å². The molecule has 0 aromatic heterocycles. The number of benzene rings is 1. The maximum absolute atomic E-state index is 4.59. The molecule has 2 heteroatoms. The van der Waals surface area contributed by atoms with E-state index in [9.17, 15) is 0 Å². The van der Waals surface area contributed by atoms with E-state index in [1.807, 2.05) is 0 Å². The second-order valence-corrected chi connectivity index (χ2v) is 4.62. The standard InChI is InChI=1S/C15H22N2/c1-2-3-4-7-11-16-15-14-9-6-5-8-13(14)10-12-17-15/h5-6,8-9H,2-4,7,10-12H2,1H3,(H,16,17). The molecule has 17 heavy (non-hydrogen) atoms. The van der Waals surface area contributed by atoms with Crippen molar-refractivity contribution in [2.75, 3.05) is 13.1 Å². The van der Waals surface area contributed by atoms with Gasteiger partial charge in [0.1, 0.15) is 5.84 Å². The molecule has 1 aromatic rings. The molecule has 0 saturated carbocycles. The Bertz CT molecular complexity index is 382. The van der Waals surface area contributed by atoms with E-state index in [-0.39, 0.29) is 0 Å². The van der Waals surface area contributed by atoms with Crippen LogP contribution in [0.15, 0.2) is 29.3 Å². The number of unbranched alkanes of at least 4 members (excludes halogenated alkanes) is 3. The van der Waals surface area contributed by atoms with Gasteiger partial charge in [-0.2, -0.15) is 0 Å². The van der Waals surface area contributed by atoms with Gasteiger partial charge in [0, 0.05) is 18.7 Å². The van der Waals surface area contributed by atoms with Gasteiger partial charge >= 0.3 is 0 Å². The predicted molar refractivity (Wildman–Crippen MR) is 73.7 cm³/mol. The molecular weight excluding hydrogens is 208 g/mol. The highest BCUT2D eigenvalue weighted by atomic mass is 15.0. The first kappa shape index (κ1) is 12.2. The lowest BCUT2D eigenvalue weighted by molar-refractivity contribution is 0.652. The van der Waals surface area contributed by atoms with Crippen molar-refractivity contribution in [1.29, 1.82) is 0 Å². The summed E-state index contributed by atoms with van der Waals surface area (Å²) in [4.78, 5) is 4.59. The van der Waals surface area contributed by atoms with Crippen LogP contribution in [0, 0.1) is 0 Å². The van der Waals surface area contributed by atoms with Crippen LogP contribution in [0.2, 0.25) is 0 Å². The summed E-state index contributed by atoms with van der Waals surface area (Å²) in [5.74, 6) is 1.10. The van der Waals surface area contributed by atoms with E-state index in [1.165, 1.54) is 36.8 Å². The normalized spacial score (nSPS) is 14.1. The smallest absolute Gasteiger partial charge is 0.128 e. The molecule has 0 saturated heterocycles. The van der Waals surface area contributed by atoms with Gasteiger partial charge in [0.2, 0.25) is 0 Å². The van der Waals surface area contributed by atoms with Crippen LogP contribution < -0.4 is 5.32 Å². The van der Waals surface area contributed by atoms with Crippen molar-refractivity contribution in [2.24, 2.45) is 4.99 Å².